The molecule has 4 heterocycles. The van der Waals surface area contributed by atoms with E-state index in [9.17, 15) is 9.59 Å². The van der Waals surface area contributed by atoms with E-state index in [4.69, 9.17) is 0 Å². The number of fused-ring (bicyclic) bond motifs is 2. The highest BCUT2D eigenvalue weighted by Gasteiger charge is 2.43. The second kappa shape index (κ2) is 5.98. The zero-order valence-corrected chi connectivity index (χ0v) is 15.3. The van der Waals surface area contributed by atoms with Gasteiger partial charge in [-0.2, -0.15) is 0 Å². The minimum atomic E-state index is -0.512. The molecule has 1 fully saturated rings. The lowest BCUT2D eigenvalue weighted by atomic mass is 9.84. The van der Waals surface area contributed by atoms with Gasteiger partial charge in [0.15, 0.2) is 0 Å². The van der Waals surface area contributed by atoms with Crippen molar-refractivity contribution in [2.75, 3.05) is 10.7 Å². The fraction of sp³-hybridized carbons (Fsp3) is 0.294. The van der Waals surface area contributed by atoms with Crippen molar-refractivity contribution >= 4 is 40.9 Å². The summed E-state index contributed by atoms with van der Waals surface area (Å²) in [5.41, 5.74) is 4.45. The molecule has 3 aromatic rings. The summed E-state index contributed by atoms with van der Waals surface area (Å²) in [6.45, 7) is 1.81. The Morgan fingerprint density at radius 2 is 2.07 bits per heavy atom. The normalized spacial score (nSPS) is 16.7. The predicted octanol–water partition coefficient (Wildman–Crippen LogP) is 1.76. The summed E-state index contributed by atoms with van der Waals surface area (Å²) >= 11 is 0. The average molecular weight is 388 g/mol. The Kier molecular flexibility index (Phi) is 3.84. The van der Waals surface area contributed by atoms with Crippen LogP contribution in [0.3, 0.4) is 0 Å². The quantitative estimate of drug-likeness (QED) is 0.532. The molecule has 1 aliphatic carbocycles. The molecule has 1 aliphatic heterocycles. The van der Waals surface area contributed by atoms with Crippen molar-refractivity contribution in [1.82, 2.24) is 24.9 Å². The van der Waals surface area contributed by atoms with Gasteiger partial charge in [0.1, 0.15) is 34.8 Å². The third-order valence-corrected chi connectivity index (χ3v) is 5.10. The van der Waals surface area contributed by atoms with Crippen molar-refractivity contribution in [1.29, 1.82) is 0 Å². The molecule has 4 N–H and O–H groups in total. The highest BCUT2D eigenvalue weighted by atomic mass is 35.5. The number of rotatable bonds is 2. The summed E-state index contributed by atoms with van der Waals surface area (Å²) in [4.78, 5) is 36.9. The number of hydrogen-bond donors (Lipinski definition) is 4. The molecule has 0 atom stereocenters. The van der Waals surface area contributed by atoms with E-state index >= 15 is 0 Å². The Morgan fingerprint density at radius 1 is 1.26 bits per heavy atom. The largest absolute Gasteiger partial charge is 0.346 e. The van der Waals surface area contributed by atoms with Gasteiger partial charge in [0.2, 0.25) is 0 Å². The number of pyridine rings is 1. The maximum Gasteiger partial charge on any atom is 0.293 e. The maximum atomic E-state index is 13.0. The minimum absolute atomic E-state index is 0. The topological polar surface area (TPSA) is 117 Å². The van der Waals surface area contributed by atoms with Gasteiger partial charge < -0.3 is 15.6 Å². The molecule has 3 aromatic heterocycles. The molecule has 2 aliphatic rings. The number of hydrogen-bond acceptors (Lipinski definition) is 6. The molecule has 0 radical (unpaired) electrons. The second-order valence-corrected chi connectivity index (χ2v) is 6.82. The summed E-state index contributed by atoms with van der Waals surface area (Å²) < 4.78 is 1.37. The molecule has 27 heavy (non-hydrogen) atoms. The molecule has 0 aromatic carbocycles. The number of carbonyl (C=O) groups excluding carboxylic acids is 1. The molecule has 1 amide bonds. The van der Waals surface area contributed by atoms with Crippen molar-refractivity contribution in [3.63, 3.8) is 0 Å². The van der Waals surface area contributed by atoms with Crippen LogP contribution in [0.2, 0.25) is 0 Å². The lowest BCUT2D eigenvalue weighted by Crippen LogP contribution is -2.67. The molecular weight excluding hydrogens is 370 g/mol. The molecule has 0 saturated heterocycles. The van der Waals surface area contributed by atoms with E-state index in [-0.39, 0.29) is 23.9 Å². The van der Waals surface area contributed by atoms with Crippen LogP contribution < -0.4 is 21.6 Å². The highest BCUT2D eigenvalue weighted by molar-refractivity contribution is 5.96. The van der Waals surface area contributed by atoms with Crippen molar-refractivity contribution in [2.24, 2.45) is 0 Å². The van der Waals surface area contributed by atoms with Gasteiger partial charge in [-0.1, -0.05) is 0 Å². The third kappa shape index (κ3) is 2.54. The maximum absolute atomic E-state index is 13.0. The summed E-state index contributed by atoms with van der Waals surface area (Å²) in [7, 11) is 0. The van der Waals surface area contributed by atoms with Gasteiger partial charge >= 0.3 is 0 Å². The van der Waals surface area contributed by atoms with Gasteiger partial charge in [-0.15, -0.1) is 12.4 Å². The van der Waals surface area contributed by atoms with Crippen LogP contribution in [-0.2, 0) is 0 Å². The monoisotopic (exact) mass is 387 g/mol. The van der Waals surface area contributed by atoms with E-state index < -0.39 is 5.66 Å². The molecule has 5 rings (SSSR count). The van der Waals surface area contributed by atoms with Crippen LogP contribution in [0, 0.1) is 6.92 Å². The second-order valence-electron chi connectivity index (χ2n) is 6.82. The Labute approximate surface area is 160 Å². The molecule has 1 spiro atoms. The molecule has 140 valence electrons. The zero-order valence-electron chi connectivity index (χ0n) is 14.5. The Balaban J connectivity index is 0.00000180. The zero-order chi connectivity index (χ0) is 17.9. The SMILES string of the molecule is Cc1cc(Nc2ncnc3[nH]ccc23)c(=O)n2c1C(=O)NC1(CCC1)N2.Cl. The van der Waals surface area contributed by atoms with Gasteiger partial charge in [0, 0.05) is 6.20 Å². The van der Waals surface area contributed by atoms with E-state index in [1.54, 1.807) is 12.3 Å². The number of anilines is 2. The number of amides is 1. The van der Waals surface area contributed by atoms with E-state index in [2.05, 4.69) is 31.0 Å². The van der Waals surface area contributed by atoms with Crippen LogP contribution in [0.4, 0.5) is 11.5 Å². The van der Waals surface area contributed by atoms with Crippen molar-refractivity contribution in [3.05, 3.63) is 46.3 Å². The van der Waals surface area contributed by atoms with Crippen LogP contribution in [-0.4, -0.2) is 31.2 Å². The van der Waals surface area contributed by atoms with Crippen LogP contribution in [0.5, 0.6) is 0 Å². The summed E-state index contributed by atoms with van der Waals surface area (Å²) in [6, 6.07) is 3.52. The van der Waals surface area contributed by atoms with Gasteiger partial charge in [0.25, 0.3) is 11.5 Å². The number of aromatic nitrogens is 4. The number of halogens is 1. The summed E-state index contributed by atoms with van der Waals surface area (Å²) in [5, 5.41) is 6.87. The standard InChI is InChI=1S/C17H17N7O2.ClH/c1-9-7-11(21-14-10-3-6-18-13(10)19-8-20-14)16(26)24-12(9)15(25)22-17(23-24)4-2-5-17;/h3,6-8,23H,2,4-5H2,1H3,(H,22,25)(H2,18,19,20,21);1H. The number of nitrogens with one attached hydrogen (secondary N) is 4. The van der Waals surface area contributed by atoms with E-state index in [1.165, 1.54) is 11.0 Å². The Bertz CT molecular complexity index is 1120. The molecular formula is C17H18ClN7O2. The lowest BCUT2D eigenvalue weighted by Gasteiger charge is -2.47. The van der Waals surface area contributed by atoms with Crippen molar-refractivity contribution < 1.29 is 4.79 Å². The van der Waals surface area contributed by atoms with Gasteiger partial charge in [0.05, 0.1) is 5.39 Å². The molecule has 0 unspecified atom stereocenters. The van der Waals surface area contributed by atoms with E-state index in [1.807, 2.05) is 13.0 Å². The van der Waals surface area contributed by atoms with Crippen LogP contribution in [0.25, 0.3) is 11.0 Å². The van der Waals surface area contributed by atoms with Crippen molar-refractivity contribution in [2.45, 2.75) is 31.8 Å². The Morgan fingerprint density at radius 3 is 2.81 bits per heavy atom. The van der Waals surface area contributed by atoms with Crippen molar-refractivity contribution in [3.8, 4) is 0 Å². The van der Waals surface area contributed by atoms with E-state index in [0.717, 1.165) is 24.6 Å². The predicted molar refractivity (Wildman–Crippen MR) is 103 cm³/mol. The smallest absolute Gasteiger partial charge is 0.293 e. The minimum Gasteiger partial charge on any atom is -0.346 e. The van der Waals surface area contributed by atoms with E-state index in [0.29, 0.717) is 28.4 Å². The number of aromatic amines is 1. The summed E-state index contributed by atoms with van der Waals surface area (Å²) in [6.07, 6.45) is 5.82. The first kappa shape index (κ1) is 17.3. The number of nitrogens with zero attached hydrogens (tertiary/aromatic N) is 3. The first-order valence-electron chi connectivity index (χ1n) is 8.49. The lowest BCUT2D eigenvalue weighted by molar-refractivity contribution is 0.0789. The first-order valence-corrected chi connectivity index (χ1v) is 8.49. The van der Waals surface area contributed by atoms with Gasteiger partial charge in [-0.25, -0.2) is 14.6 Å². The van der Waals surface area contributed by atoms with Crippen LogP contribution in [0.15, 0.2) is 29.5 Å². The average Bonchev–Trinajstić information content (AvgIpc) is 3.07. The van der Waals surface area contributed by atoms with Crippen LogP contribution in [0.1, 0.15) is 35.3 Å². The molecule has 1 saturated carbocycles. The highest BCUT2D eigenvalue weighted by Crippen LogP contribution is 2.33. The molecule has 9 nitrogen and oxygen atoms in total. The Hall–Kier alpha value is -3.07. The summed E-state index contributed by atoms with van der Waals surface area (Å²) in [5.74, 6) is 0.312. The molecule has 0 bridgehead atoms. The third-order valence-electron chi connectivity index (χ3n) is 5.10. The first-order chi connectivity index (χ1) is 12.6. The fourth-order valence-electron chi connectivity index (χ4n) is 3.61. The van der Waals surface area contributed by atoms with Gasteiger partial charge in [-0.05, 0) is 43.9 Å². The number of carbonyl (C=O) groups is 1. The number of H-pyrrole nitrogens is 1. The van der Waals surface area contributed by atoms with Crippen LogP contribution >= 0.6 is 12.4 Å². The molecule has 10 heteroatoms. The fourth-order valence-corrected chi connectivity index (χ4v) is 3.61. The number of aryl methyl sites for hydroxylation is 1. The van der Waals surface area contributed by atoms with Gasteiger partial charge in [-0.3, -0.25) is 15.0 Å².